The summed E-state index contributed by atoms with van der Waals surface area (Å²) in [6.07, 6.45) is 6.97. The zero-order valence-corrected chi connectivity index (χ0v) is 19.2. The van der Waals surface area contributed by atoms with Gasteiger partial charge >= 0.3 is 0 Å². The van der Waals surface area contributed by atoms with E-state index >= 15 is 0 Å². The van der Waals surface area contributed by atoms with Crippen molar-refractivity contribution in [3.8, 4) is 0 Å². The molecule has 0 radical (unpaired) electrons. The second-order valence-corrected chi connectivity index (χ2v) is 8.99. The van der Waals surface area contributed by atoms with E-state index < -0.39 is 10.0 Å². The highest BCUT2D eigenvalue weighted by Gasteiger charge is 2.22. The number of hydrogen-bond acceptors (Lipinski definition) is 4. The van der Waals surface area contributed by atoms with Crippen LogP contribution >= 0.6 is 35.7 Å². The number of thioether (sulfide) groups is 1. The van der Waals surface area contributed by atoms with Crippen LogP contribution in [0.1, 0.15) is 39.5 Å². The number of halogens is 1. The molecule has 1 fully saturated rings. The molecular formula is C15H33IN4O2S2. The second kappa shape index (κ2) is 12.6. The lowest BCUT2D eigenvalue weighted by Gasteiger charge is -2.30. The van der Waals surface area contributed by atoms with E-state index in [2.05, 4.69) is 21.9 Å². The van der Waals surface area contributed by atoms with E-state index in [9.17, 15) is 8.42 Å². The molecule has 1 rings (SSSR count). The highest BCUT2D eigenvalue weighted by Crippen LogP contribution is 2.26. The van der Waals surface area contributed by atoms with Crippen LogP contribution in [0, 0.1) is 0 Å². The Kier molecular flexibility index (Phi) is 12.7. The van der Waals surface area contributed by atoms with E-state index in [1.165, 1.54) is 17.1 Å². The Morgan fingerprint density at radius 1 is 1.29 bits per heavy atom. The Labute approximate surface area is 169 Å². The largest absolute Gasteiger partial charge is 0.355 e. The highest BCUT2D eigenvalue weighted by molar-refractivity contribution is 14.0. The molecule has 0 aliphatic heterocycles. The molecule has 2 unspecified atom stereocenters. The number of sulfonamides is 1. The lowest BCUT2D eigenvalue weighted by atomic mass is 9.95. The molecule has 24 heavy (non-hydrogen) atoms. The fraction of sp³-hybridized carbons (Fsp3) is 0.933. The number of nitrogens with one attached hydrogen (secondary N) is 2. The zero-order chi connectivity index (χ0) is 17.3. The lowest BCUT2D eigenvalue weighted by Crippen LogP contribution is -2.47. The van der Waals surface area contributed by atoms with E-state index in [0.29, 0.717) is 36.9 Å². The van der Waals surface area contributed by atoms with Gasteiger partial charge < -0.3 is 10.6 Å². The second-order valence-electron chi connectivity index (χ2n) is 5.76. The Morgan fingerprint density at radius 3 is 2.50 bits per heavy atom. The van der Waals surface area contributed by atoms with Gasteiger partial charge in [0.05, 0.1) is 5.75 Å². The summed E-state index contributed by atoms with van der Waals surface area (Å²) < 4.78 is 25.8. The SMILES string of the molecule is CCN(CC)S(=O)(=O)CCNC(=NC)NC1CCCC(SC)C1.I. The molecule has 1 saturated carbocycles. The fourth-order valence-corrected chi connectivity index (χ4v) is 5.15. The number of rotatable bonds is 8. The number of aliphatic imine (C=N–C) groups is 1. The summed E-state index contributed by atoms with van der Waals surface area (Å²) in [5, 5.41) is 7.28. The minimum atomic E-state index is -3.19. The van der Waals surface area contributed by atoms with Crippen molar-refractivity contribution in [3.05, 3.63) is 0 Å². The topological polar surface area (TPSA) is 73.8 Å². The third-order valence-corrected chi connectivity index (χ3v) is 7.39. The first-order valence-electron chi connectivity index (χ1n) is 8.44. The molecule has 144 valence electrons. The van der Waals surface area contributed by atoms with Gasteiger partial charge in [0.1, 0.15) is 0 Å². The van der Waals surface area contributed by atoms with Gasteiger partial charge in [0.25, 0.3) is 0 Å². The van der Waals surface area contributed by atoms with Crippen molar-refractivity contribution in [3.63, 3.8) is 0 Å². The number of hydrogen-bond donors (Lipinski definition) is 2. The minimum absolute atomic E-state index is 0. The van der Waals surface area contributed by atoms with Crippen molar-refractivity contribution in [1.29, 1.82) is 0 Å². The van der Waals surface area contributed by atoms with Crippen LogP contribution in [-0.2, 0) is 10.0 Å². The molecule has 2 N–H and O–H groups in total. The predicted molar refractivity (Wildman–Crippen MR) is 116 cm³/mol. The normalized spacial score (nSPS) is 22.1. The van der Waals surface area contributed by atoms with Crippen LogP contribution < -0.4 is 10.6 Å². The number of guanidine groups is 1. The Hall–Kier alpha value is 0.260. The summed E-state index contributed by atoms with van der Waals surface area (Å²) >= 11 is 1.93. The maximum Gasteiger partial charge on any atom is 0.215 e. The molecule has 0 aromatic heterocycles. The van der Waals surface area contributed by atoms with Gasteiger partial charge in [-0.2, -0.15) is 11.8 Å². The zero-order valence-electron chi connectivity index (χ0n) is 15.2. The van der Waals surface area contributed by atoms with Crippen LogP contribution in [0.15, 0.2) is 4.99 Å². The van der Waals surface area contributed by atoms with Gasteiger partial charge in [-0.05, 0) is 25.5 Å². The molecule has 9 heteroatoms. The average Bonchev–Trinajstić information content (AvgIpc) is 2.54. The van der Waals surface area contributed by atoms with Gasteiger partial charge in [-0.3, -0.25) is 4.99 Å². The van der Waals surface area contributed by atoms with Gasteiger partial charge in [0.15, 0.2) is 5.96 Å². The van der Waals surface area contributed by atoms with Crippen molar-refractivity contribution < 1.29 is 8.42 Å². The number of nitrogens with zero attached hydrogens (tertiary/aromatic N) is 2. The minimum Gasteiger partial charge on any atom is -0.355 e. The van der Waals surface area contributed by atoms with Crippen molar-refractivity contribution in [2.24, 2.45) is 4.99 Å². The highest BCUT2D eigenvalue weighted by atomic mass is 127. The smallest absolute Gasteiger partial charge is 0.215 e. The molecule has 0 bridgehead atoms. The first-order chi connectivity index (χ1) is 11.0. The molecule has 0 aromatic carbocycles. The third-order valence-electron chi connectivity index (χ3n) is 4.28. The monoisotopic (exact) mass is 492 g/mol. The van der Waals surface area contributed by atoms with Crippen molar-refractivity contribution >= 4 is 51.7 Å². The Balaban J connectivity index is 0.00000529. The molecule has 6 nitrogen and oxygen atoms in total. The first kappa shape index (κ1) is 24.3. The van der Waals surface area contributed by atoms with E-state index in [4.69, 9.17) is 0 Å². The van der Waals surface area contributed by atoms with Crippen LogP contribution in [0.25, 0.3) is 0 Å². The standard InChI is InChI=1S/C15H32N4O2S2.HI/c1-5-19(6-2)23(20,21)11-10-17-15(16-3)18-13-8-7-9-14(12-13)22-4;/h13-14H,5-12H2,1-4H3,(H2,16,17,18);1H. The van der Waals surface area contributed by atoms with E-state index in [1.54, 1.807) is 7.05 Å². The molecule has 0 amide bonds. The van der Waals surface area contributed by atoms with Crippen molar-refractivity contribution in [1.82, 2.24) is 14.9 Å². The summed E-state index contributed by atoms with van der Waals surface area (Å²) in [4.78, 5) is 4.22. The summed E-state index contributed by atoms with van der Waals surface area (Å²) in [6, 6.07) is 0.423. The fourth-order valence-electron chi connectivity index (χ4n) is 2.92. The third kappa shape index (κ3) is 8.09. The van der Waals surface area contributed by atoms with Crippen LogP contribution in [0.5, 0.6) is 0 Å². The molecule has 0 saturated heterocycles. The van der Waals surface area contributed by atoms with Crippen LogP contribution in [0.3, 0.4) is 0 Å². The van der Waals surface area contributed by atoms with Crippen LogP contribution in [0.2, 0.25) is 0 Å². The molecule has 0 spiro atoms. The van der Waals surface area contributed by atoms with Crippen molar-refractivity contribution in [2.45, 2.75) is 50.8 Å². The summed E-state index contributed by atoms with van der Waals surface area (Å²) in [5.41, 5.74) is 0. The lowest BCUT2D eigenvalue weighted by molar-refractivity contribution is 0.419. The Bertz CT molecular complexity index is 470. The van der Waals surface area contributed by atoms with Gasteiger partial charge in [-0.25, -0.2) is 12.7 Å². The van der Waals surface area contributed by atoms with Gasteiger partial charge in [0.2, 0.25) is 10.0 Å². The quantitative estimate of drug-likeness (QED) is 0.309. The van der Waals surface area contributed by atoms with Crippen LogP contribution in [0.4, 0.5) is 0 Å². The maximum absolute atomic E-state index is 12.2. The molecule has 0 heterocycles. The molecular weight excluding hydrogens is 459 g/mol. The van der Waals surface area contributed by atoms with Gasteiger partial charge in [-0.1, -0.05) is 20.3 Å². The summed E-state index contributed by atoms with van der Waals surface area (Å²) in [6.45, 7) is 5.13. The maximum atomic E-state index is 12.2. The molecule has 2 atom stereocenters. The van der Waals surface area contributed by atoms with Gasteiger partial charge in [0, 0.05) is 38.0 Å². The molecule has 0 aromatic rings. The predicted octanol–water partition coefficient (Wildman–Crippen LogP) is 2.12. The summed E-state index contributed by atoms with van der Waals surface area (Å²) in [5.74, 6) is 0.791. The van der Waals surface area contributed by atoms with E-state index in [-0.39, 0.29) is 29.7 Å². The van der Waals surface area contributed by atoms with E-state index in [1.807, 2.05) is 25.6 Å². The first-order valence-corrected chi connectivity index (χ1v) is 11.3. The Morgan fingerprint density at radius 2 is 1.96 bits per heavy atom. The summed E-state index contributed by atoms with van der Waals surface area (Å²) in [7, 11) is -1.46. The van der Waals surface area contributed by atoms with E-state index in [0.717, 1.165) is 12.8 Å². The molecule has 1 aliphatic carbocycles. The van der Waals surface area contributed by atoms with Crippen LogP contribution in [-0.4, -0.2) is 68.7 Å². The molecule has 1 aliphatic rings. The van der Waals surface area contributed by atoms with Gasteiger partial charge in [-0.15, -0.1) is 24.0 Å². The van der Waals surface area contributed by atoms with Crippen molar-refractivity contribution in [2.75, 3.05) is 38.7 Å². The average molecular weight is 492 g/mol.